The first-order valence-electron chi connectivity index (χ1n) is 5.74. The summed E-state index contributed by atoms with van der Waals surface area (Å²) in [7, 11) is -3.54. The molecule has 6 heteroatoms. The molecule has 0 atom stereocenters. The predicted octanol–water partition coefficient (Wildman–Crippen LogP) is 2.48. The van der Waals surface area contributed by atoms with Crippen molar-refractivity contribution in [2.75, 3.05) is 11.6 Å². The Morgan fingerprint density at radius 3 is 2.30 bits per heavy atom. The minimum absolute atomic E-state index is 0.000745. The van der Waals surface area contributed by atoms with Crippen molar-refractivity contribution < 1.29 is 17.6 Å². The summed E-state index contributed by atoms with van der Waals surface area (Å²) in [5.74, 6) is -1.26. The van der Waals surface area contributed by atoms with Crippen LogP contribution in [0.25, 0.3) is 0 Å². The monoisotopic (exact) mass is 293 g/mol. The number of carbonyl (C=O) groups is 1. The summed E-state index contributed by atoms with van der Waals surface area (Å²) in [6.07, 6.45) is 1.02. The lowest BCUT2D eigenvalue weighted by Crippen LogP contribution is -2.16. The van der Waals surface area contributed by atoms with Gasteiger partial charge in [-0.25, -0.2) is 12.8 Å². The standard InChI is InChI=1S/C14H12FNO3S/c1-20(18,19)13-9-5-2-6-10(13)14(17)16-12-8-4-3-7-11(12)15/h2-9H,1H3,(H,16,17). The van der Waals surface area contributed by atoms with E-state index in [9.17, 15) is 17.6 Å². The molecule has 2 aromatic rings. The largest absolute Gasteiger partial charge is 0.319 e. The summed E-state index contributed by atoms with van der Waals surface area (Å²) in [6.45, 7) is 0. The van der Waals surface area contributed by atoms with Gasteiger partial charge >= 0.3 is 0 Å². The van der Waals surface area contributed by atoms with Crippen LogP contribution in [0.5, 0.6) is 0 Å². The molecule has 20 heavy (non-hydrogen) atoms. The van der Waals surface area contributed by atoms with Gasteiger partial charge in [-0.2, -0.15) is 0 Å². The molecule has 1 N–H and O–H groups in total. The van der Waals surface area contributed by atoms with Crippen LogP contribution >= 0.6 is 0 Å². The average molecular weight is 293 g/mol. The van der Waals surface area contributed by atoms with Gasteiger partial charge in [0.05, 0.1) is 16.1 Å². The zero-order valence-corrected chi connectivity index (χ0v) is 11.4. The van der Waals surface area contributed by atoms with E-state index >= 15 is 0 Å². The van der Waals surface area contributed by atoms with Crippen LogP contribution < -0.4 is 5.32 Å². The van der Waals surface area contributed by atoms with Gasteiger partial charge in [-0.05, 0) is 24.3 Å². The molecule has 1 amide bonds. The third kappa shape index (κ3) is 3.03. The highest BCUT2D eigenvalue weighted by atomic mass is 32.2. The Morgan fingerprint density at radius 2 is 1.65 bits per heavy atom. The zero-order valence-electron chi connectivity index (χ0n) is 10.6. The van der Waals surface area contributed by atoms with Gasteiger partial charge in [-0.1, -0.05) is 24.3 Å². The first-order chi connectivity index (χ1) is 9.39. The molecule has 0 spiro atoms. The number of amides is 1. The molecule has 0 bridgehead atoms. The fourth-order valence-electron chi connectivity index (χ4n) is 1.73. The number of halogens is 1. The molecule has 0 saturated carbocycles. The van der Waals surface area contributed by atoms with Crippen molar-refractivity contribution in [1.29, 1.82) is 0 Å². The fourth-order valence-corrected chi connectivity index (χ4v) is 2.62. The quantitative estimate of drug-likeness (QED) is 0.945. The van der Waals surface area contributed by atoms with E-state index in [1.54, 1.807) is 12.1 Å². The molecule has 0 fully saturated rings. The van der Waals surface area contributed by atoms with Gasteiger partial charge in [0.2, 0.25) is 0 Å². The number of sulfone groups is 1. The molecule has 0 saturated heterocycles. The van der Waals surface area contributed by atoms with Crippen LogP contribution in [-0.2, 0) is 9.84 Å². The lowest BCUT2D eigenvalue weighted by Gasteiger charge is -2.09. The van der Waals surface area contributed by atoms with E-state index in [1.165, 1.54) is 36.4 Å². The van der Waals surface area contributed by atoms with Crippen LogP contribution in [0, 0.1) is 5.82 Å². The molecule has 2 rings (SSSR count). The predicted molar refractivity (Wildman–Crippen MR) is 73.9 cm³/mol. The summed E-state index contributed by atoms with van der Waals surface area (Å²) in [6, 6.07) is 11.5. The van der Waals surface area contributed by atoms with E-state index in [2.05, 4.69) is 5.32 Å². The first kappa shape index (κ1) is 14.2. The Labute approximate surface area is 116 Å². The molecule has 2 aromatic carbocycles. The summed E-state index contributed by atoms with van der Waals surface area (Å²) < 4.78 is 36.7. The molecule has 0 aromatic heterocycles. The van der Waals surface area contributed by atoms with Crippen LogP contribution in [0.15, 0.2) is 53.4 Å². The summed E-state index contributed by atoms with van der Waals surface area (Å²) in [4.78, 5) is 12.0. The maximum Gasteiger partial charge on any atom is 0.257 e. The molecule has 0 aliphatic rings. The SMILES string of the molecule is CS(=O)(=O)c1ccccc1C(=O)Nc1ccccc1F. The highest BCUT2D eigenvalue weighted by Crippen LogP contribution is 2.18. The second kappa shape index (κ2) is 5.42. The molecule has 0 aliphatic carbocycles. The van der Waals surface area contributed by atoms with Crippen LogP contribution in [0.3, 0.4) is 0 Å². The van der Waals surface area contributed by atoms with Gasteiger partial charge in [0, 0.05) is 6.26 Å². The van der Waals surface area contributed by atoms with E-state index in [1.807, 2.05) is 0 Å². The summed E-state index contributed by atoms with van der Waals surface area (Å²) >= 11 is 0. The molecule has 104 valence electrons. The van der Waals surface area contributed by atoms with Crippen LogP contribution in [0.4, 0.5) is 10.1 Å². The Kier molecular flexibility index (Phi) is 3.85. The van der Waals surface area contributed by atoms with E-state index in [0.717, 1.165) is 6.26 Å². The second-order valence-corrected chi connectivity index (χ2v) is 6.19. The van der Waals surface area contributed by atoms with Crippen molar-refractivity contribution in [3.05, 3.63) is 59.9 Å². The van der Waals surface area contributed by atoms with E-state index < -0.39 is 21.6 Å². The second-order valence-electron chi connectivity index (χ2n) is 4.20. The number of anilines is 1. The van der Waals surface area contributed by atoms with Gasteiger partial charge in [0.1, 0.15) is 5.82 Å². The number of carbonyl (C=O) groups excluding carboxylic acids is 1. The molecule has 0 aliphatic heterocycles. The number of para-hydroxylation sites is 1. The van der Waals surface area contributed by atoms with Gasteiger partial charge in [0.15, 0.2) is 9.84 Å². The Balaban J connectivity index is 2.39. The van der Waals surface area contributed by atoms with Crippen molar-refractivity contribution in [3.8, 4) is 0 Å². The molecular formula is C14H12FNO3S. The lowest BCUT2D eigenvalue weighted by atomic mass is 10.2. The normalized spacial score (nSPS) is 11.1. The zero-order chi connectivity index (χ0) is 14.8. The fraction of sp³-hybridized carbons (Fsp3) is 0.0714. The summed E-state index contributed by atoms with van der Waals surface area (Å²) in [5, 5.41) is 2.36. The van der Waals surface area contributed by atoms with Gasteiger partial charge in [-0.3, -0.25) is 4.79 Å². The third-order valence-electron chi connectivity index (χ3n) is 2.65. The Hall–Kier alpha value is -2.21. The molecule has 0 unspecified atom stereocenters. The van der Waals surface area contributed by atoms with Gasteiger partial charge in [-0.15, -0.1) is 0 Å². The maximum absolute atomic E-state index is 13.5. The lowest BCUT2D eigenvalue weighted by molar-refractivity contribution is 0.102. The Morgan fingerprint density at radius 1 is 1.05 bits per heavy atom. The number of nitrogens with one attached hydrogen (secondary N) is 1. The summed E-state index contributed by atoms with van der Waals surface area (Å²) in [5.41, 5.74) is -0.0148. The van der Waals surface area contributed by atoms with E-state index in [0.29, 0.717) is 0 Å². The smallest absolute Gasteiger partial charge is 0.257 e. The number of rotatable bonds is 3. The molecule has 0 radical (unpaired) electrons. The van der Waals surface area contributed by atoms with Crippen LogP contribution in [-0.4, -0.2) is 20.6 Å². The van der Waals surface area contributed by atoms with Gasteiger partial charge < -0.3 is 5.32 Å². The average Bonchev–Trinajstić information content (AvgIpc) is 2.40. The first-order valence-corrected chi connectivity index (χ1v) is 7.63. The number of hydrogen-bond donors (Lipinski definition) is 1. The molecular weight excluding hydrogens is 281 g/mol. The number of hydrogen-bond acceptors (Lipinski definition) is 3. The van der Waals surface area contributed by atoms with Crippen molar-refractivity contribution in [2.45, 2.75) is 4.90 Å². The van der Waals surface area contributed by atoms with Crippen molar-refractivity contribution in [1.82, 2.24) is 0 Å². The number of benzene rings is 2. The van der Waals surface area contributed by atoms with Gasteiger partial charge in [0.25, 0.3) is 5.91 Å². The molecule has 4 nitrogen and oxygen atoms in total. The van der Waals surface area contributed by atoms with Crippen LogP contribution in [0.1, 0.15) is 10.4 Å². The minimum atomic E-state index is -3.54. The van der Waals surface area contributed by atoms with E-state index in [4.69, 9.17) is 0 Å². The van der Waals surface area contributed by atoms with Crippen molar-refractivity contribution >= 4 is 21.4 Å². The van der Waals surface area contributed by atoms with Crippen molar-refractivity contribution in [3.63, 3.8) is 0 Å². The maximum atomic E-state index is 13.5. The Bertz CT molecular complexity index is 757. The van der Waals surface area contributed by atoms with E-state index in [-0.39, 0.29) is 16.1 Å². The highest BCUT2D eigenvalue weighted by molar-refractivity contribution is 7.90. The topological polar surface area (TPSA) is 63.2 Å². The van der Waals surface area contributed by atoms with Crippen LogP contribution in [0.2, 0.25) is 0 Å². The minimum Gasteiger partial charge on any atom is -0.319 e. The van der Waals surface area contributed by atoms with Crippen molar-refractivity contribution in [2.24, 2.45) is 0 Å². The highest BCUT2D eigenvalue weighted by Gasteiger charge is 2.18. The third-order valence-corrected chi connectivity index (χ3v) is 3.81. The molecule has 0 heterocycles.